The van der Waals surface area contributed by atoms with Gasteiger partial charge in [-0.15, -0.1) is 0 Å². The molecule has 1 saturated heterocycles. The molecule has 3 aromatic rings. The fraction of sp³-hybridized carbons (Fsp3) is 0.385. The molecule has 35 heavy (non-hydrogen) atoms. The van der Waals surface area contributed by atoms with Crippen LogP contribution in [-0.4, -0.2) is 53.1 Å². The highest BCUT2D eigenvalue weighted by molar-refractivity contribution is 5.81. The van der Waals surface area contributed by atoms with E-state index < -0.39 is 5.97 Å². The van der Waals surface area contributed by atoms with Crippen LogP contribution in [0.25, 0.3) is 10.9 Å². The van der Waals surface area contributed by atoms with Crippen LogP contribution >= 0.6 is 0 Å². The van der Waals surface area contributed by atoms with E-state index >= 15 is 0 Å². The normalized spacial score (nSPS) is 16.9. The Kier molecular flexibility index (Phi) is 6.65. The number of nitrogens with one attached hydrogen (secondary N) is 1. The number of hydrogen-bond acceptors (Lipinski definition) is 7. The minimum atomic E-state index is -0.448. The highest BCUT2D eigenvalue weighted by Gasteiger charge is 2.31. The first-order valence-corrected chi connectivity index (χ1v) is 11.9. The van der Waals surface area contributed by atoms with E-state index in [2.05, 4.69) is 9.97 Å². The van der Waals surface area contributed by atoms with Gasteiger partial charge in [0.1, 0.15) is 19.0 Å². The molecule has 1 amide bonds. The van der Waals surface area contributed by atoms with Crippen molar-refractivity contribution in [3.8, 4) is 11.5 Å². The van der Waals surface area contributed by atoms with Crippen molar-refractivity contribution in [1.82, 2.24) is 14.9 Å². The van der Waals surface area contributed by atoms with Crippen molar-refractivity contribution in [2.45, 2.75) is 38.1 Å². The largest absolute Gasteiger partial charge is 0.486 e. The summed E-state index contributed by atoms with van der Waals surface area (Å²) in [6.07, 6.45) is 2.75. The lowest BCUT2D eigenvalue weighted by Crippen LogP contribution is -2.34. The number of carbonyl (C=O) groups is 2. The third-order valence-electron chi connectivity index (χ3n) is 6.34. The molecule has 1 fully saturated rings. The average molecular weight is 478 g/mol. The van der Waals surface area contributed by atoms with Crippen molar-refractivity contribution in [2.24, 2.45) is 0 Å². The van der Waals surface area contributed by atoms with E-state index in [9.17, 15) is 14.4 Å². The maximum Gasteiger partial charge on any atom is 0.306 e. The minimum Gasteiger partial charge on any atom is -0.486 e. The van der Waals surface area contributed by atoms with E-state index in [0.29, 0.717) is 60.8 Å². The van der Waals surface area contributed by atoms with Gasteiger partial charge in [0.25, 0.3) is 11.5 Å². The number of hydrogen-bond donors (Lipinski definition) is 1. The number of likely N-dealkylation sites (tertiary alicyclic amines) is 1. The lowest BCUT2D eigenvalue weighted by atomic mass is 10.0. The molecule has 9 heteroatoms. The van der Waals surface area contributed by atoms with Crippen LogP contribution in [0.15, 0.2) is 47.3 Å². The molecule has 0 aliphatic carbocycles. The second kappa shape index (κ2) is 10.2. The number of para-hydroxylation sites is 1. The molecule has 2 aromatic carbocycles. The van der Waals surface area contributed by atoms with Gasteiger partial charge in [-0.1, -0.05) is 18.2 Å². The fourth-order valence-corrected chi connectivity index (χ4v) is 4.63. The molecule has 9 nitrogen and oxygen atoms in total. The number of aromatic amines is 1. The van der Waals surface area contributed by atoms with Gasteiger partial charge in [-0.05, 0) is 49.1 Å². The monoisotopic (exact) mass is 477 g/mol. The molecule has 3 heterocycles. The standard InChI is InChI=1S/C26H27N3O6/c30-24(29-12-4-7-20(29)17-10-11-21-22(15-17)34-14-13-33-21)16-35-25(31)9-3-8-23-27-19-6-2-1-5-18(19)26(32)28-23/h1-2,5-6,10-11,15,20H,3-4,7-9,12-14,16H2,(H,27,28,32). The van der Waals surface area contributed by atoms with Crippen molar-refractivity contribution < 1.29 is 23.8 Å². The number of carbonyl (C=O) groups excluding carboxylic acids is 2. The molecule has 1 aromatic heterocycles. The lowest BCUT2D eigenvalue weighted by Gasteiger charge is -2.26. The van der Waals surface area contributed by atoms with Gasteiger partial charge >= 0.3 is 5.97 Å². The topological polar surface area (TPSA) is 111 Å². The molecule has 0 bridgehead atoms. The third-order valence-corrected chi connectivity index (χ3v) is 6.34. The predicted molar refractivity (Wildman–Crippen MR) is 127 cm³/mol. The Morgan fingerprint density at radius 1 is 1.11 bits per heavy atom. The number of aromatic nitrogens is 2. The number of benzene rings is 2. The number of fused-ring (bicyclic) bond motifs is 2. The van der Waals surface area contributed by atoms with Crippen molar-refractivity contribution >= 4 is 22.8 Å². The smallest absolute Gasteiger partial charge is 0.306 e. The summed E-state index contributed by atoms with van der Waals surface area (Å²) in [6.45, 7) is 1.37. The quantitative estimate of drug-likeness (QED) is 0.521. The Labute approximate surface area is 202 Å². The fourth-order valence-electron chi connectivity index (χ4n) is 4.63. The Morgan fingerprint density at radius 2 is 1.94 bits per heavy atom. The number of aryl methyl sites for hydroxylation is 1. The average Bonchev–Trinajstić information content (AvgIpc) is 3.37. The number of rotatable bonds is 7. The molecule has 2 aliphatic rings. The Morgan fingerprint density at radius 3 is 2.83 bits per heavy atom. The molecule has 0 radical (unpaired) electrons. The summed E-state index contributed by atoms with van der Waals surface area (Å²) in [5.74, 6) is 1.28. The van der Waals surface area contributed by atoms with Gasteiger partial charge in [0.05, 0.1) is 16.9 Å². The maximum atomic E-state index is 12.8. The summed E-state index contributed by atoms with van der Waals surface area (Å²) >= 11 is 0. The molecule has 2 aliphatic heterocycles. The SMILES string of the molecule is O=C(CCCc1nc2ccccc2c(=O)[nH]1)OCC(=O)N1CCCC1c1ccc2c(c1)OCCO2. The third kappa shape index (κ3) is 5.13. The second-order valence-electron chi connectivity index (χ2n) is 8.69. The maximum absolute atomic E-state index is 12.8. The second-order valence-corrected chi connectivity index (χ2v) is 8.69. The summed E-state index contributed by atoms with van der Waals surface area (Å²) < 4.78 is 16.5. The number of ether oxygens (including phenoxy) is 3. The summed E-state index contributed by atoms with van der Waals surface area (Å²) in [4.78, 5) is 46.2. The molecular formula is C26H27N3O6. The van der Waals surface area contributed by atoms with Crippen LogP contribution in [0.1, 0.15) is 43.1 Å². The Hall–Kier alpha value is -3.88. The molecule has 1 N–H and O–H groups in total. The number of esters is 1. The Balaban J connectivity index is 1.11. The number of H-pyrrole nitrogens is 1. The van der Waals surface area contributed by atoms with E-state index in [-0.39, 0.29) is 30.5 Å². The first kappa shape index (κ1) is 22.9. The van der Waals surface area contributed by atoms with E-state index in [4.69, 9.17) is 14.2 Å². The van der Waals surface area contributed by atoms with Crippen molar-refractivity contribution in [2.75, 3.05) is 26.4 Å². The van der Waals surface area contributed by atoms with Crippen LogP contribution in [-0.2, 0) is 20.7 Å². The first-order valence-electron chi connectivity index (χ1n) is 11.9. The highest BCUT2D eigenvalue weighted by Crippen LogP contribution is 2.38. The van der Waals surface area contributed by atoms with E-state index in [1.807, 2.05) is 24.3 Å². The van der Waals surface area contributed by atoms with Gasteiger partial charge < -0.3 is 24.1 Å². The van der Waals surface area contributed by atoms with Gasteiger partial charge in [0.15, 0.2) is 18.1 Å². The molecule has 1 unspecified atom stereocenters. The van der Waals surface area contributed by atoms with Gasteiger partial charge in [-0.25, -0.2) is 4.98 Å². The van der Waals surface area contributed by atoms with E-state index in [1.165, 1.54) is 0 Å². The van der Waals surface area contributed by atoms with Crippen LogP contribution in [0.4, 0.5) is 0 Å². The molecule has 0 saturated carbocycles. The van der Waals surface area contributed by atoms with Crippen LogP contribution < -0.4 is 15.0 Å². The summed E-state index contributed by atoms with van der Waals surface area (Å²) in [6, 6.07) is 12.8. The Bertz CT molecular complexity index is 1300. The summed E-state index contributed by atoms with van der Waals surface area (Å²) in [7, 11) is 0. The van der Waals surface area contributed by atoms with Crippen LogP contribution in [0.5, 0.6) is 11.5 Å². The molecular weight excluding hydrogens is 450 g/mol. The molecule has 5 rings (SSSR count). The van der Waals surface area contributed by atoms with E-state index in [0.717, 1.165) is 18.4 Å². The summed E-state index contributed by atoms with van der Waals surface area (Å²) in [5.41, 5.74) is 1.41. The van der Waals surface area contributed by atoms with Crippen LogP contribution in [0.2, 0.25) is 0 Å². The zero-order valence-electron chi connectivity index (χ0n) is 19.3. The number of amides is 1. The van der Waals surface area contributed by atoms with Crippen LogP contribution in [0, 0.1) is 0 Å². The molecule has 1 atom stereocenters. The van der Waals surface area contributed by atoms with Gasteiger partial charge in [-0.3, -0.25) is 14.4 Å². The van der Waals surface area contributed by atoms with Gasteiger partial charge in [0.2, 0.25) is 0 Å². The van der Waals surface area contributed by atoms with E-state index in [1.54, 1.807) is 23.1 Å². The minimum absolute atomic E-state index is 0.0761. The van der Waals surface area contributed by atoms with Crippen molar-refractivity contribution in [3.63, 3.8) is 0 Å². The van der Waals surface area contributed by atoms with Crippen LogP contribution in [0.3, 0.4) is 0 Å². The summed E-state index contributed by atoms with van der Waals surface area (Å²) in [5, 5.41) is 0.533. The van der Waals surface area contributed by atoms with Gasteiger partial charge in [-0.2, -0.15) is 0 Å². The van der Waals surface area contributed by atoms with Gasteiger partial charge in [0, 0.05) is 19.4 Å². The van der Waals surface area contributed by atoms with Crippen molar-refractivity contribution in [3.05, 3.63) is 64.2 Å². The molecule has 182 valence electrons. The zero-order chi connectivity index (χ0) is 24.2. The number of nitrogens with zero attached hydrogens (tertiary/aromatic N) is 2. The first-order chi connectivity index (χ1) is 17.1. The predicted octanol–water partition coefficient (Wildman–Crippen LogP) is 2.92. The zero-order valence-corrected chi connectivity index (χ0v) is 19.3. The lowest BCUT2D eigenvalue weighted by molar-refractivity contribution is -0.152. The molecule has 0 spiro atoms. The van der Waals surface area contributed by atoms with Crippen molar-refractivity contribution in [1.29, 1.82) is 0 Å². The highest BCUT2D eigenvalue weighted by atomic mass is 16.6.